The second kappa shape index (κ2) is 6.78. The second-order valence-corrected chi connectivity index (χ2v) is 5.18. The summed E-state index contributed by atoms with van der Waals surface area (Å²) in [6.45, 7) is 2.89. The number of hydrogen-bond acceptors (Lipinski definition) is 4. The van der Waals surface area contributed by atoms with Crippen LogP contribution in [0.25, 0.3) is 0 Å². The average Bonchev–Trinajstić information content (AvgIpc) is 2.42. The van der Waals surface area contributed by atoms with Gasteiger partial charge in [0.2, 0.25) is 0 Å². The van der Waals surface area contributed by atoms with E-state index in [-0.39, 0.29) is 0 Å². The van der Waals surface area contributed by atoms with E-state index in [1.165, 1.54) is 5.56 Å². The van der Waals surface area contributed by atoms with E-state index in [1.807, 2.05) is 12.1 Å². The highest BCUT2D eigenvalue weighted by Crippen LogP contribution is 2.39. The molecule has 0 aromatic heterocycles. The summed E-state index contributed by atoms with van der Waals surface area (Å²) in [4.78, 5) is 2.21. The van der Waals surface area contributed by atoms with E-state index < -0.39 is 0 Å². The first-order valence-electron chi connectivity index (χ1n) is 6.90. The molecule has 1 N–H and O–H groups in total. The van der Waals surface area contributed by atoms with Crippen LogP contribution in [0.5, 0.6) is 11.5 Å². The van der Waals surface area contributed by atoms with E-state index >= 15 is 0 Å². The van der Waals surface area contributed by atoms with Crippen molar-refractivity contribution in [2.24, 2.45) is 0 Å². The summed E-state index contributed by atoms with van der Waals surface area (Å²) >= 11 is 0. The third kappa shape index (κ3) is 3.61. The monoisotopic (exact) mass is 264 g/mol. The van der Waals surface area contributed by atoms with Gasteiger partial charge in [0.15, 0.2) is 11.5 Å². The quantitative estimate of drug-likeness (QED) is 0.797. The van der Waals surface area contributed by atoms with Crippen molar-refractivity contribution in [2.45, 2.75) is 18.9 Å². The zero-order valence-electron chi connectivity index (χ0n) is 12.1. The van der Waals surface area contributed by atoms with Crippen molar-refractivity contribution in [2.75, 3.05) is 40.9 Å². The van der Waals surface area contributed by atoms with E-state index in [0.29, 0.717) is 6.04 Å². The maximum absolute atomic E-state index is 5.75. The number of fused-ring (bicyclic) bond motifs is 1. The predicted molar refractivity (Wildman–Crippen MR) is 77.0 cm³/mol. The molecule has 1 atom stereocenters. The highest BCUT2D eigenvalue weighted by atomic mass is 16.5. The van der Waals surface area contributed by atoms with E-state index in [1.54, 1.807) is 7.11 Å². The van der Waals surface area contributed by atoms with Crippen molar-refractivity contribution in [3.63, 3.8) is 0 Å². The molecule has 4 heteroatoms. The Morgan fingerprint density at radius 3 is 3.00 bits per heavy atom. The predicted octanol–water partition coefficient (Wildman–Crippen LogP) is 2.06. The maximum atomic E-state index is 5.75. The van der Waals surface area contributed by atoms with Crippen molar-refractivity contribution in [1.82, 2.24) is 10.2 Å². The van der Waals surface area contributed by atoms with Gasteiger partial charge in [-0.3, -0.25) is 0 Å². The van der Waals surface area contributed by atoms with Gasteiger partial charge in [0.25, 0.3) is 0 Å². The number of nitrogens with one attached hydrogen (secondary N) is 1. The Labute approximate surface area is 115 Å². The Morgan fingerprint density at radius 2 is 2.26 bits per heavy atom. The summed E-state index contributed by atoms with van der Waals surface area (Å²) in [6.07, 6.45) is 2.17. The highest BCUT2D eigenvalue weighted by Gasteiger charge is 2.23. The highest BCUT2D eigenvalue weighted by molar-refractivity contribution is 5.49. The molecule has 2 rings (SSSR count). The molecule has 0 spiro atoms. The lowest BCUT2D eigenvalue weighted by Gasteiger charge is -2.28. The fourth-order valence-electron chi connectivity index (χ4n) is 2.44. The normalized spacial score (nSPS) is 18.0. The number of benzene rings is 1. The average molecular weight is 264 g/mol. The van der Waals surface area contributed by atoms with E-state index in [9.17, 15) is 0 Å². The molecule has 1 aliphatic heterocycles. The van der Waals surface area contributed by atoms with Crippen LogP contribution in [0.1, 0.15) is 24.4 Å². The van der Waals surface area contributed by atoms with E-state index in [2.05, 4.69) is 30.4 Å². The number of methoxy groups -OCH3 is 1. The summed E-state index contributed by atoms with van der Waals surface area (Å²) in [5, 5.41) is 3.62. The van der Waals surface area contributed by atoms with Gasteiger partial charge in [0.1, 0.15) is 0 Å². The first-order chi connectivity index (χ1) is 9.22. The largest absolute Gasteiger partial charge is 0.493 e. The van der Waals surface area contributed by atoms with Gasteiger partial charge in [0, 0.05) is 18.0 Å². The van der Waals surface area contributed by atoms with Gasteiger partial charge in [-0.2, -0.15) is 0 Å². The lowest BCUT2D eigenvalue weighted by atomic mass is 10.00. The zero-order chi connectivity index (χ0) is 13.7. The molecule has 4 nitrogen and oxygen atoms in total. The van der Waals surface area contributed by atoms with Gasteiger partial charge in [-0.25, -0.2) is 0 Å². The molecule has 0 saturated carbocycles. The van der Waals surface area contributed by atoms with Crippen LogP contribution in [-0.2, 0) is 0 Å². The lowest BCUT2D eigenvalue weighted by molar-refractivity contribution is 0.238. The lowest BCUT2D eigenvalue weighted by Crippen LogP contribution is -2.29. The fourth-order valence-corrected chi connectivity index (χ4v) is 2.44. The van der Waals surface area contributed by atoms with Gasteiger partial charge in [-0.05, 0) is 39.7 Å². The minimum Gasteiger partial charge on any atom is -0.493 e. The van der Waals surface area contributed by atoms with Crippen molar-refractivity contribution >= 4 is 0 Å². The minimum absolute atomic E-state index is 0.376. The molecule has 0 saturated heterocycles. The summed E-state index contributed by atoms with van der Waals surface area (Å²) in [7, 11) is 5.90. The number of ether oxygens (including phenoxy) is 2. The number of para-hydroxylation sites is 1. The van der Waals surface area contributed by atoms with Gasteiger partial charge in [0.05, 0.1) is 13.7 Å². The van der Waals surface area contributed by atoms with Gasteiger partial charge in [-0.15, -0.1) is 0 Å². The molecule has 19 heavy (non-hydrogen) atoms. The van der Waals surface area contributed by atoms with Crippen LogP contribution in [0, 0.1) is 0 Å². The van der Waals surface area contributed by atoms with Crippen LogP contribution >= 0.6 is 0 Å². The molecule has 0 fully saturated rings. The van der Waals surface area contributed by atoms with Crippen molar-refractivity contribution in [3.05, 3.63) is 23.8 Å². The van der Waals surface area contributed by atoms with Crippen molar-refractivity contribution < 1.29 is 9.47 Å². The molecule has 0 bridgehead atoms. The van der Waals surface area contributed by atoms with Gasteiger partial charge < -0.3 is 19.7 Å². The summed E-state index contributed by atoms with van der Waals surface area (Å²) in [6, 6.07) is 6.48. The summed E-state index contributed by atoms with van der Waals surface area (Å²) in [5.74, 6) is 1.73. The van der Waals surface area contributed by atoms with Crippen LogP contribution in [0.15, 0.2) is 18.2 Å². The Balaban J connectivity index is 1.98. The summed E-state index contributed by atoms with van der Waals surface area (Å²) < 4.78 is 11.1. The Hall–Kier alpha value is -1.26. The third-order valence-electron chi connectivity index (χ3n) is 3.43. The SMILES string of the molecule is COc1cccc2c1OCCC2NCCCN(C)C. The second-order valence-electron chi connectivity index (χ2n) is 5.18. The molecular weight excluding hydrogens is 240 g/mol. The van der Waals surface area contributed by atoms with E-state index in [0.717, 1.165) is 44.0 Å². The van der Waals surface area contributed by atoms with Crippen LogP contribution < -0.4 is 14.8 Å². The first-order valence-corrected chi connectivity index (χ1v) is 6.90. The Morgan fingerprint density at radius 1 is 1.42 bits per heavy atom. The summed E-state index contributed by atoms with van der Waals surface area (Å²) in [5.41, 5.74) is 1.22. The molecule has 1 heterocycles. The van der Waals surface area contributed by atoms with Gasteiger partial charge in [-0.1, -0.05) is 12.1 Å². The molecule has 0 aliphatic carbocycles. The Kier molecular flexibility index (Phi) is 5.05. The maximum Gasteiger partial charge on any atom is 0.165 e. The van der Waals surface area contributed by atoms with Crippen molar-refractivity contribution in [1.29, 1.82) is 0 Å². The van der Waals surface area contributed by atoms with Crippen molar-refractivity contribution in [3.8, 4) is 11.5 Å². The fraction of sp³-hybridized carbons (Fsp3) is 0.600. The standard InChI is InChI=1S/C15H24N2O2/c1-17(2)10-5-9-16-13-8-11-19-15-12(13)6-4-7-14(15)18-3/h4,6-7,13,16H,5,8-11H2,1-3H3. The molecular formula is C15H24N2O2. The van der Waals surface area contributed by atoms with E-state index in [4.69, 9.17) is 9.47 Å². The number of rotatable bonds is 6. The Bertz CT molecular complexity index is 407. The molecule has 106 valence electrons. The van der Waals surface area contributed by atoms with Crippen LogP contribution in [0.2, 0.25) is 0 Å². The zero-order valence-corrected chi connectivity index (χ0v) is 12.1. The van der Waals surface area contributed by atoms with Gasteiger partial charge >= 0.3 is 0 Å². The molecule has 0 radical (unpaired) electrons. The molecule has 1 unspecified atom stereocenters. The first kappa shape index (κ1) is 14.2. The van der Waals surface area contributed by atoms with Crippen LogP contribution in [0.4, 0.5) is 0 Å². The molecule has 0 amide bonds. The van der Waals surface area contributed by atoms with Crippen LogP contribution in [-0.4, -0.2) is 45.8 Å². The van der Waals surface area contributed by atoms with Crippen LogP contribution in [0.3, 0.4) is 0 Å². The molecule has 1 aliphatic rings. The molecule has 1 aromatic carbocycles. The number of nitrogens with zero attached hydrogens (tertiary/aromatic N) is 1. The number of hydrogen-bond donors (Lipinski definition) is 1. The topological polar surface area (TPSA) is 33.7 Å². The smallest absolute Gasteiger partial charge is 0.165 e. The third-order valence-corrected chi connectivity index (χ3v) is 3.43. The molecule has 1 aromatic rings. The minimum atomic E-state index is 0.376.